The first-order valence-electron chi connectivity index (χ1n) is 10.3. The number of halogens is 1. The van der Waals surface area contributed by atoms with Crippen LogP contribution in [0.1, 0.15) is 31.5 Å². The Morgan fingerprint density at radius 2 is 2.03 bits per heavy atom. The van der Waals surface area contributed by atoms with E-state index in [1.54, 1.807) is 12.3 Å². The lowest BCUT2D eigenvalue weighted by molar-refractivity contribution is -0.108. The van der Waals surface area contributed by atoms with Crippen LogP contribution in [-0.2, 0) is 17.9 Å². The van der Waals surface area contributed by atoms with Crippen LogP contribution in [-0.4, -0.2) is 49.7 Å². The van der Waals surface area contributed by atoms with E-state index in [1.807, 2.05) is 18.3 Å². The molecule has 156 valence electrons. The number of pyridine rings is 2. The van der Waals surface area contributed by atoms with Gasteiger partial charge in [-0.3, -0.25) is 9.78 Å². The topological polar surface area (TPSA) is 87.4 Å². The Labute approximate surface area is 179 Å². The van der Waals surface area contributed by atoms with Crippen molar-refractivity contribution in [3.05, 3.63) is 41.6 Å². The van der Waals surface area contributed by atoms with Gasteiger partial charge in [0.1, 0.15) is 11.0 Å². The normalized spacial score (nSPS) is 18.3. The van der Waals surface area contributed by atoms with Crippen molar-refractivity contribution in [3.8, 4) is 0 Å². The first-order valence-corrected chi connectivity index (χ1v) is 10.7. The summed E-state index contributed by atoms with van der Waals surface area (Å²) in [5.74, 6) is 0.817. The highest BCUT2D eigenvalue weighted by molar-refractivity contribution is 6.29. The second-order valence-electron chi connectivity index (χ2n) is 7.77. The standard InChI is InChI=1S/C21H23ClN6O2/c22-18-6-5-16-21(24-18)25-19(26(16)9-1-2-10-29)12-27-17-11-23-8-7-15(17)28(14-3-4-14)20(27)13-30/h5-8,11,13-14,20,29H,1-4,9-10,12H2. The van der Waals surface area contributed by atoms with E-state index in [4.69, 9.17) is 16.6 Å². The van der Waals surface area contributed by atoms with Gasteiger partial charge in [-0.25, -0.2) is 9.97 Å². The van der Waals surface area contributed by atoms with E-state index >= 15 is 0 Å². The summed E-state index contributed by atoms with van der Waals surface area (Å²) in [5, 5.41) is 9.59. The number of aryl methyl sites for hydroxylation is 1. The summed E-state index contributed by atoms with van der Waals surface area (Å²) in [6, 6.07) is 6.06. The number of hydrogen-bond acceptors (Lipinski definition) is 7. The first kappa shape index (κ1) is 19.3. The SMILES string of the molecule is O=CC1N(Cc2nc3nc(Cl)ccc3n2CCCCO)c2cnccc2N1C1CC1. The van der Waals surface area contributed by atoms with Crippen molar-refractivity contribution in [2.45, 2.75) is 51.0 Å². The number of carbonyl (C=O) groups excluding carboxylic acids is 1. The van der Waals surface area contributed by atoms with Crippen LogP contribution in [0.25, 0.3) is 11.2 Å². The molecule has 0 spiro atoms. The van der Waals surface area contributed by atoms with Crippen molar-refractivity contribution in [2.75, 3.05) is 16.4 Å². The molecule has 1 atom stereocenters. The fraction of sp³-hybridized carbons (Fsp3) is 0.429. The lowest BCUT2D eigenvalue weighted by Gasteiger charge is -2.28. The number of nitrogens with zero attached hydrogens (tertiary/aromatic N) is 6. The zero-order valence-electron chi connectivity index (χ0n) is 16.5. The number of unbranched alkanes of at least 4 members (excludes halogenated alkanes) is 1. The summed E-state index contributed by atoms with van der Waals surface area (Å²) >= 11 is 6.09. The molecule has 1 unspecified atom stereocenters. The van der Waals surface area contributed by atoms with Crippen molar-refractivity contribution >= 4 is 40.4 Å². The fourth-order valence-corrected chi connectivity index (χ4v) is 4.42. The Morgan fingerprint density at radius 1 is 1.17 bits per heavy atom. The van der Waals surface area contributed by atoms with Crippen molar-refractivity contribution < 1.29 is 9.90 Å². The summed E-state index contributed by atoms with van der Waals surface area (Å²) in [4.78, 5) is 29.8. The Hall–Kier alpha value is -2.71. The molecule has 9 heteroatoms. The van der Waals surface area contributed by atoms with Crippen LogP contribution >= 0.6 is 11.6 Å². The maximum atomic E-state index is 12.1. The van der Waals surface area contributed by atoms with E-state index in [0.29, 0.717) is 36.4 Å². The molecule has 3 aromatic rings. The van der Waals surface area contributed by atoms with Crippen molar-refractivity contribution in [3.63, 3.8) is 0 Å². The number of aliphatic hydroxyl groups excluding tert-OH is 1. The van der Waals surface area contributed by atoms with Gasteiger partial charge in [-0.2, -0.15) is 0 Å². The molecule has 1 aliphatic heterocycles. The zero-order chi connectivity index (χ0) is 20.7. The van der Waals surface area contributed by atoms with Crippen LogP contribution in [0.4, 0.5) is 11.4 Å². The third-order valence-electron chi connectivity index (χ3n) is 5.79. The number of anilines is 2. The molecule has 1 fully saturated rings. The lowest BCUT2D eigenvalue weighted by atomic mass is 10.3. The molecule has 2 aliphatic rings. The van der Waals surface area contributed by atoms with E-state index in [-0.39, 0.29) is 12.8 Å². The number of fused-ring (bicyclic) bond motifs is 2. The van der Waals surface area contributed by atoms with Gasteiger partial charge < -0.3 is 19.5 Å². The average Bonchev–Trinajstić information content (AvgIpc) is 3.47. The van der Waals surface area contributed by atoms with Gasteiger partial charge in [0.05, 0.1) is 29.6 Å². The summed E-state index contributed by atoms with van der Waals surface area (Å²) in [7, 11) is 0. The molecule has 0 radical (unpaired) electrons. The molecule has 0 saturated heterocycles. The van der Waals surface area contributed by atoms with Gasteiger partial charge in [-0.15, -0.1) is 0 Å². The second kappa shape index (κ2) is 7.85. The van der Waals surface area contributed by atoms with Gasteiger partial charge in [-0.1, -0.05) is 11.6 Å². The Kier molecular flexibility index (Phi) is 5.04. The number of aromatic nitrogens is 4. The molecule has 1 N–H and O–H groups in total. The molecule has 0 bridgehead atoms. The van der Waals surface area contributed by atoms with E-state index < -0.39 is 0 Å². The van der Waals surface area contributed by atoms with Crippen molar-refractivity contribution in [2.24, 2.45) is 0 Å². The van der Waals surface area contributed by atoms with Gasteiger partial charge >= 0.3 is 0 Å². The molecule has 1 aliphatic carbocycles. The summed E-state index contributed by atoms with van der Waals surface area (Å²) in [5.41, 5.74) is 3.49. The zero-order valence-corrected chi connectivity index (χ0v) is 17.2. The lowest BCUT2D eigenvalue weighted by Crippen LogP contribution is -2.45. The Morgan fingerprint density at radius 3 is 2.80 bits per heavy atom. The number of imidazole rings is 1. The number of aldehydes is 1. The summed E-state index contributed by atoms with van der Waals surface area (Å²) in [6.07, 6.45) is 7.96. The number of aliphatic hydroxyl groups is 1. The third-order valence-corrected chi connectivity index (χ3v) is 6.00. The number of carbonyl (C=O) groups is 1. The predicted molar refractivity (Wildman–Crippen MR) is 115 cm³/mol. The second-order valence-corrected chi connectivity index (χ2v) is 8.15. The quantitative estimate of drug-likeness (QED) is 0.336. The minimum atomic E-state index is -0.376. The summed E-state index contributed by atoms with van der Waals surface area (Å²) < 4.78 is 2.12. The average molecular weight is 427 g/mol. The number of hydrogen-bond donors (Lipinski definition) is 1. The molecular formula is C21H23ClN6O2. The molecule has 5 rings (SSSR count). The maximum absolute atomic E-state index is 12.1. The molecule has 4 heterocycles. The maximum Gasteiger partial charge on any atom is 0.179 e. The summed E-state index contributed by atoms with van der Waals surface area (Å²) in [6.45, 7) is 1.32. The molecule has 30 heavy (non-hydrogen) atoms. The molecule has 8 nitrogen and oxygen atoms in total. The fourth-order valence-electron chi connectivity index (χ4n) is 4.27. The van der Waals surface area contributed by atoms with Crippen molar-refractivity contribution in [1.29, 1.82) is 0 Å². The third kappa shape index (κ3) is 3.30. The molecule has 3 aromatic heterocycles. The minimum Gasteiger partial charge on any atom is -0.396 e. The van der Waals surface area contributed by atoms with Crippen LogP contribution < -0.4 is 9.80 Å². The van der Waals surface area contributed by atoms with Crippen LogP contribution in [0.2, 0.25) is 5.15 Å². The van der Waals surface area contributed by atoms with Gasteiger partial charge in [0.2, 0.25) is 0 Å². The highest BCUT2D eigenvalue weighted by Gasteiger charge is 2.43. The molecule has 1 saturated carbocycles. The smallest absolute Gasteiger partial charge is 0.179 e. The van der Waals surface area contributed by atoms with E-state index in [9.17, 15) is 9.90 Å². The highest BCUT2D eigenvalue weighted by atomic mass is 35.5. The van der Waals surface area contributed by atoms with Gasteiger partial charge in [0, 0.05) is 25.4 Å². The monoisotopic (exact) mass is 426 g/mol. The van der Waals surface area contributed by atoms with E-state index in [0.717, 1.165) is 48.3 Å². The molecular weight excluding hydrogens is 404 g/mol. The van der Waals surface area contributed by atoms with Gasteiger partial charge in [0.15, 0.2) is 18.1 Å². The Bertz CT molecular complexity index is 1080. The van der Waals surface area contributed by atoms with Gasteiger partial charge in [-0.05, 0) is 43.9 Å². The van der Waals surface area contributed by atoms with E-state index in [2.05, 4.69) is 24.3 Å². The predicted octanol–water partition coefficient (Wildman–Crippen LogP) is 2.77. The molecule has 0 amide bonds. The van der Waals surface area contributed by atoms with Gasteiger partial charge in [0.25, 0.3) is 0 Å². The first-order chi connectivity index (χ1) is 14.7. The Balaban J connectivity index is 1.54. The number of rotatable bonds is 8. The van der Waals surface area contributed by atoms with Crippen LogP contribution in [0.5, 0.6) is 0 Å². The largest absolute Gasteiger partial charge is 0.396 e. The highest BCUT2D eigenvalue weighted by Crippen LogP contribution is 2.45. The van der Waals surface area contributed by atoms with Crippen LogP contribution in [0.3, 0.4) is 0 Å². The van der Waals surface area contributed by atoms with E-state index in [1.165, 1.54) is 0 Å². The van der Waals surface area contributed by atoms with Crippen LogP contribution in [0, 0.1) is 0 Å². The minimum absolute atomic E-state index is 0.154. The van der Waals surface area contributed by atoms with Crippen molar-refractivity contribution in [1.82, 2.24) is 19.5 Å². The van der Waals surface area contributed by atoms with Crippen LogP contribution in [0.15, 0.2) is 30.6 Å². The molecule has 0 aromatic carbocycles.